The molecular weight excluding hydrogens is 196 g/mol. The second-order valence-corrected chi connectivity index (χ2v) is 3.43. The summed E-state index contributed by atoms with van der Waals surface area (Å²) in [4.78, 5) is 10.7. The molecule has 80 valence electrons. The second-order valence-electron chi connectivity index (χ2n) is 3.43. The summed E-state index contributed by atoms with van der Waals surface area (Å²) in [6.07, 6.45) is 0.859. The van der Waals surface area contributed by atoms with Crippen molar-refractivity contribution in [1.29, 1.82) is 0 Å². The Bertz CT molecular complexity index is 386. The van der Waals surface area contributed by atoms with Crippen molar-refractivity contribution < 1.29 is 19.4 Å². The summed E-state index contributed by atoms with van der Waals surface area (Å²) in [7, 11) is 0. The van der Waals surface area contributed by atoms with Gasteiger partial charge in [0, 0.05) is 0 Å². The van der Waals surface area contributed by atoms with Crippen LogP contribution in [0.1, 0.15) is 23.7 Å². The Balaban J connectivity index is 2.30. The SMILES string of the molecule is CC[C@@H]1COc2ccc(C(=O)O)cc2O1. The highest BCUT2D eigenvalue weighted by molar-refractivity contribution is 5.88. The number of fused-ring (bicyclic) bond motifs is 1. The van der Waals surface area contributed by atoms with Crippen molar-refractivity contribution in [2.45, 2.75) is 19.4 Å². The van der Waals surface area contributed by atoms with Gasteiger partial charge >= 0.3 is 5.97 Å². The van der Waals surface area contributed by atoms with Crippen LogP contribution >= 0.6 is 0 Å². The lowest BCUT2D eigenvalue weighted by Gasteiger charge is -2.25. The average molecular weight is 208 g/mol. The normalized spacial score (nSPS) is 18.6. The molecule has 0 radical (unpaired) electrons. The molecule has 0 spiro atoms. The summed E-state index contributed by atoms with van der Waals surface area (Å²) in [5.74, 6) is 0.178. The van der Waals surface area contributed by atoms with Gasteiger partial charge in [0.2, 0.25) is 0 Å². The molecule has 1 aliphatic rings. The fraction of sp³-hybridized carbons (Fsp3) is 0.364. The van der Waals surface area contributed by atoms with E-state index in [1.54, 1.807) is 6.07 Å². The van der Waals surface area contributed by atoms with Crippen LogP contribution in [-0.2, 0) is 0 Å². The zero-order chi connectivity index (χ0) is 10.8. The number of hydrogen-bond acceptors (Lipinski definition) is 3. The van der Waals surface area contributed by atoms with E-state index < -0.39 is 5.97 Å². The van der Waals surface area contributed by atoms with Gasteiger partial charge in [-0.3, -0.25) is 0 Å². The fourth-order valence-corrected chi connectivity index (χ4v) is 1.45. The quantitative estimate of drug-likeness (QED) is 0.806. The number of carboxylic acids is 1. The van der Waals surface area contributed by atoms with Crippen LogP contribution in [0.4, 0.5) is 0 Å². The third kappa shape index (κ3) is 1.88. The first-order valence-corrected chi connectivity index (χ1v) is 4.87. The first-order valence-electron chi connectivity index (χ1n) is 4.87. The number of ether oxygens (including phenoxy) is 2. The maximum atomic E-state index is 10.7. The van der Waals surface area contributed by atoms with Gasteiger partial charge in [0.25, 0.3) is 0 Å². The van der Waals surface area contributed by atoms with Gasteiger partial charge in [0.15, 0.2) is 11.5 Å². The predicted octanol–water partition coefficient (Wildman–Crippen LogP) is 1.93. The minimum absolute atomic E-state index is 0.0153. The number of carbonyl (C=O) groups is 1. The predicted molar refractivity (Wildman–Crippen MR) is 53.6 cm³/mol. The maximum Gasteiger partial charge on any atom is 0.335 e. The highest BCUT2D eigenvalue weighted by Gasteiger charge is 2.20. The molecule has 1 aromatic rings. The van der Waals surface area contributed by atoms with Crippen molar-refractivity contribution in [3.8, 4) is 11.5 Å². The van der Waals surface area contributed by atoms with Gasteiger partial charge in [0.05, 0.1) is 5.56 Å². The molecule has 0 fully saturated rings. The van der Waals surface area contributed by atoms with Crippen LogP contribution < -0.4 is 9.47 Å². The second kappa shape index (κ2) is 3.81. The first-order chi connectivity index (χ1) is 7.20. The van der Waals surface area contributed by atoms with Crippen LogP contribution in [0.25, 0.3) is 0 Å². The van der Waals surface area contributed by atoms with Crippen LogP contribution in [0.15, 0.2) is 18.2 Å². The lowest BCUT2D eigenvalue weighted by atomic mass is 10.2. The molecular formula is C11H12O4. The van der Waals surface area contributed by atoms with Crippen LogP contribution in [-0.4, -0.2) is 23.8 Å². The molecule has 2 rings (SSSR count). The van der Waals surface area contributed by atoms with Crippen molar-refractivity contribution in [3.05, 3.63) is 23.8 Å². The van der Waals surface area contributed by atoms with Crippen LogP contribution in [0.5, 0.6) is 11.5 Å². The molecule has 0 saturated heterocycles. The fourth-order valence-electron chi connectivity index (χ4n) is 1.45. The van der Waals surface area contributed by atoms with Crippen LogP contribution in [0, 0.1) is 0 Å². The molecule has 0 aliphatic carbocycles. The summed E-state index contributed by atoms with van der Waals surface area (Å²) in [6.45, 7) is 2.52. The lowest BCUT2D eigenvalue weighted by Crippen LogP contribution is -2.28. The number of aromatic carboxylic acids is 1. The van der Waals surface area contributed by atoms with Crippen molar-refractivity contribution >= 4 is 5.97 Å². The van der Waals surface area contributed by atoms with E-state index in [9.17, 15) is 4.79 Å². The Morgan fingerprint density at radius 3 is 3.00 bits per heavy atom. The topological polar surface area (TPSA) is 55.8 Å². The molecule has 0 aromatic heterocycles. The Labute approximate surface area is 87.4 Å². The first kappa shape index (κ1) is 9.83. The summed E-state index contributed by atoms with van der Waals surface area (Å²) in [5, 5.41) is 8.81. The minimum atomic E-state index is -0.958. The zero-order valence-electron chi connectivity index (χ0n) is 8.40. The van der Waals surface area contributed by atoms with E-state index in [2.05, 4.69) is 0 Å². The molecule has 0 amide bonds. The maximum absolute atomic E-state index is 10.7. The summed E-state index contributed by atoms with van der Waals surface area (Å²) in [6, 6.07) is 4.64. The molecule has 0 saturated carbocycles. The molecule has 1 aliphatic heterocycles. The lowest BCUT2D eigenvalue weighted by molar-refractivity contribution is 0.0690. The largest absolute Gasteiger partial charge is 0.486 e. The van der Waals surface area contributed by atoms with E-state index in [0.29, 0.717) is 18.1 Å². The highest BCUT2D eigenvalue weighted by Crippen LogP contribution is 2.33. The van der Waals surface area contributed by atoms with E-state index in [4.69, 9.17) is 14.6 Å². The summed E-state index contributed by atoms with van der Waals surface area (Å²) >= 11 is 0. The van der Waals surface area contributed by atoms with E-state index in [1.165, 1.54) is 12.1 Å². The molecule has 15 heavy (non-hydrogen) atoms. The zero-order valence-corrected chi connectivity index (χ0v) is 8.40. The van der Waals surface area contributed by atoms with Gasteiger partial charge in [-0.1, -0.05) is 6.92 Å². The van der Waals surface area contributed by atoms with E-state index >= 15 is 0 Å². The number of rotatable bonds is 2. The summed E-state index contributed by atoms with van der Waals surface area (Å²) < 4.78 is 11.0. The molecule has 0 bridgehead atoms. The molecule has 4 heteroatoms. The Morgan fingerprint density at radius 1 is 1.53 bits per heavy atom. The van der Waals surface area contributed by atoms with Crippen molar-refractivity contribution in [2.24, 2.45) is 0 Å². The monoisotopic (exact) mass is 208 g/mol. The Morgan fingerprint density at radius 2 is 2.33 bits per heavy atom. The van der Waals surface area contributed by atoms with Gasteiger partial charge < -0.3 is 14.6 Å². The number of hydrogen-bond donors (Lipinski definition) is 1. The van der Waals surface area contributed by atoms with Gasteiger partial charge in [-0.2, -0.15) is 0 Å². The molecule has 1 N–H and O–H groups in total. The van der Waals surface area contributed by atoms with Crippen molar-refractivity contribution in [1.82, 2.24) is 0 Å². The molecule has 1 heterocycles. The molecule has 4 nitrogen and oxygen atoms in total. The molecule has 1 atom stereocenters. The van der Waals surface area contributed by atoms with Crippen molar-refractivity contribution in [3.63, 3.8) is 0 Å². The standard InChI is InChI=1S/C11H12O4/c1-2-8-6-14-9-4-3-7(11(12)13)5-10(9)15-8/h3-5,8H,2,6H2,1H3,(H,12,13)/t8-/m1/s1. The van der Waals surface area contributed by atoms with E-state index in [1.807, 2.05) is 6.92 Å². The van der Waals surface area contributed by atoms with Gasteiger partial charge in [-0.15, -0.1) is 0 Å². The molecule has 0 unspecified atom stereocenters. The van der Waals surface area contributed by atoms with E-state index in [0.717, 1.165) is 6.42 Å². The minimum Gasteiger partial charge on any atom is -0.486 e. The third-order valence-electron chi connectivity index (χ3n) is 2.36. The Hall–Kier alpha value is -1.71. The average Bonchev–Trinajstić information content (AvgIpc) is 2.27. The highest BCUT2D eigenvalue weighted by atomic mass is 16.6. The summed E-state index contributed by atoms with van der Waals surface area (Å²) in [5.41, 5.74) is 0.217. The van der Waals surface area contributed by atoms with Crippen LogP contribution in [0.3, 0.4) is 0 Å². The van der Waals surface area contributed by atoms with Gasteiger partial charge in [-0.25, -0.2) is 4.79 Å². The van der Waals surface area contributed by atoms with Crippen LogP contribution in [0.2, 0.25) is 0 Å². The smallest absolute Gasteiger partial charge is 0.335 e. The van der Waals surface area contributed by atoms with Gasteiger partial charge in [0.1, 0.15) is 12.7 Å². The molecule has 1 aromatic carbocycles. The van der Waals surface area contributed by atoms with E-state index in [-0.39, 0.29) is 11.7 Å². The number of benzene rings is 1. The van der Waals surface area contributed by atoms with Crippen molar-refractivity contribution in [2.75, 3.05) is 6.61 Å². The third-order valence-corrected chi connectivity index (χ3v) is 2.36. The van der Waals surface area contributed by atoms with Gasteiger partial charge in [-0.05, 0) is 24.6 Å². The Kier molecular flexibility index (Phi) is 2.49. The number of carboxylic acid groups (broad SMARTS) is 1.